The number of carbonyl (C=O) groups excluding carboxylic acids is 1. The molecule has 1 N–H and O–H groups in total. The van der Waals surface area contributed by atoms with Crippen molar-refractivity contribution in [2.75, 3.05) is 0 Å². The van der Waals surface area contributed by atoms with Gasteiger partial charge < -0.3 is 10.1 Å². The number of ether oxygens (including phenoxy) is 1. The Morgan fingerprint density at radius 2 is 1.77 bits per heavy atom. The summed E-state index contributed by atoms with van der Waals surface area (Å²) in [5.41, 5.74) is 1.14. The monoisotopic (exact) mass is 358 g/mol. The third-order valence-corrected chi connectivity index (χ3v) is 6.28. The second-order valence-corrected chi connectivity index (χ2v) is 8.63. The molecule has 0 atom stereocenters. The molecule has 1 heterocycles. The molecular formula is C22H34N2O2. The van der Waals surface area contributed by atoms with E-state index in [4.69, 9.17) is 4.74 Å². The van der Waals surface area contributed by atoms with Gasteiger partial charge in [-0.3, -0.25) is 4.79 Å². The van der Waals surface area contributed by atoms with Gasteiger partial charge in [0.15, 0.2) is 0 Å². The lowest BCUT2D eigenvalue weighted by molar-refractivity contribution is -0.127. The van der Waals surface area contributed by atoms with Crippen LogP contribution in [-0.2, 0) is 4.79 Å². The Balaban J connectivity index is 1.38. The fourth-order valence-electron chi connectivity index (χ4n) is 4.39. The molecule has 3 rings (SSSR count). The van der Waals surface area contributed by atoms with Crippen molar-refractivity contribution in [2.24, 2.45) is 17.8 Å². The zero-order valence-corrected chi connectivity index (χ0v) is 16.5. The fraction of sp³-hybridized carbons (Fsp3) is 0.727. The maximum Gasteiger partial charge on any atom is 0.223 e. The third kappa shape index (κ3) is 5.21. The quantitative estimate of drug-likeness (QED) is 0.833. The first kappa shape index (κ1) is 19.2. The summed E-state index contributed by atoms with van der Waals surface area (Å²) < 4.78 is 5.99. The van der Waals surface area contributed by atoms with Gasteiger partial charge in [-0.05, 0) is 75.7 Å². The molecule has 0 bridgehead atoms. The van der Waals surface area contributed by atoms with Gasteiger partial charge in [0.1, 0.15) is 6.10 Å². The van der Waals surface area contributed by atoms with Gasteiger partial charge in [0, 0.05) is 24.2 Å². The minimum atomic E-state index is 0.222. The van der Waals surface area contributed by atoms with Crippen molar-refractivity contribution < 1.29 is 9.53 Å². The second-order valence-electron chi connectivity index (χ2n) is 8.63. The first-order valence-electron chi connectivity index (χ1n) is 10.4. The number of nitrogens with zero attached hydrogens (tertiary/aromatic N) is 1. The molecule has 26 heavy (non-hydrogen) atoms. The average molecular weight is 359 g/mol. The Bertz CT molecular complexity index is 568. The van der Waals surface area contributed by atoms with Gasteiger partial charge in [-0.25, -0.2) is 4.98 Å². The third-order valence-electron chi connectivity index (χ3n) is 6.28. The van der Waals surface area contributed by atoms with Crippen molar-refractivity contribution in [3.05, 3.63) is 23.9 Å². The van der Waals surface area contributed by atoms with Gasteiger partial charge in [0.2, 0.25) is 11.8 Å². The molecule has 0 radical (unpaired) electrons. The van der Waals surface area contributed by atoms with E-state index in [2.05, 4.69) is 24.1 Å². The van der Waals surface area contributed by atoms with Crippen LogP contribution >= 0.6 is 0 Å². The average Bonchev–Trinajstić information content (AvgIpc) is 2.65. The van der Waals surface area contributed by atoms with E-state index in [0.29, 0.717) is 11.9 Å². The highest BCUT2D eigenvalue weighted by Crippen LogP contribution is 2.33. The molecule has 2 saturated carbocycles. The van der Waals surface area contributed by atoms with Crippen LogP contribution < -0.4 is 10.1 Å². The summed E-state index contributed by atoms with van der Waals surface area (Å²) in [7, 11) is 0. The summed E-state index contributed by atoms with van der Waals surface area (Å²) >= 11 is 0. The smallest absolute Gasteiger partial charge is 0.223 e. The van der Waals surface area contributed by atoms with Gasteiger partial charge in [-0.1, -0.05) is 19.9 Å². The second kappa shape index (κ2) is 8.88. The Morgan fingerprint density at radius 3 is 2.35 bits per heavy atom. The number of aryl methyl sites for hydroxylation is 1. The molecule has 4 heteroatoms. The Morgan fingerprint density at radius 1 is 1.08 bits per heavy atom. The molecule has 4 nitrogen and oxygen atoms in total. The molecular weight excluding hydrogens is 324 g/mol. The molecule has 144 valence electrons. The molecule has 1 aromatic heterocycles. The molecule has 0 aromatic carbocycles. The summed E-state index contributed by atoms with van der Waals surface area (Å²) in [4.78, 5) is 16.9. The lowest BCUT2D eigenvalue weighted by atomic mass is 9.76. The molecule has 0 spiro atoms. The van der Waals surface area contributed by atoms with Crippen LogP contribution in [0, 0.1) is 24.7 Å². The number of rotatable bonds is 5. The summed E-state index contributed by atoms with van der Waals surface area (Å²) in [6.07, 6.45) is 10.6. The van der Waals surface area contributed by atoms with E-state index in [1.165, 1.54) is 12.8 Å². The van der Waals surface area contributed by atoms with E-state index in [1.807, 2.05) is 25.3 Å². The fourth-order valence-corrected chi connectivity index (χ4v) is 4.39. The zero-order chi connectivity index (χ0) is 18.5. The van der Waals surface area contributed by atoms with Gasteiger partial charge in [-0.2, -0.15) is 0 Å². The van der Waals surface area contributed by atoms with Crippen LogP contribution in [-0.4, -0.2) is 23.0 Å². The lowest BCUT2D eigenvalue weighted by Gasteiger charge is -2.33. The van der Waals surface area contributed by atoms with Crippen LogP contribution in [0.25, 0.3) is 0 Å². The highest BCUT2D eigenvalue weighted by molar-refractivity contribution is 5.79. The molecule has 2 aliphatic rings. The van der Waals surface area contributed by atoms with E-state index in [-0.39, 0.29) is 17.9 Å². The van der Waals surface area contributed by atoms with E-state index >= 15 is 0 Å². The molecule has 2 aliphatic carbocycles. The van der Waals surface area contributed by atoms with Crippen molar-refractivity contribution in [1.29, 1.82) is 0 Å². The van der Waals surface area contributed by atoms with Crippen LogP contribution in [0.1, 0.15) is 70.8 Å². The first-order chi connectivity index (χ1) is 12.5. The van der Waals surface area contributed by atoms with Crippen LogP contribution in [0.3, 0.4) is 0 Å². The maximum atomic E-state index is 12.6. The normalized spacial score (nSPS) is 29.4. The van der Waals surface area contributed by atoms with Crippen LogP contribution in [0.15, 0.2) is 18.3 Å². The summed E-state index contributed by atoms with van der Waals surface area (Å²) in [6.45, 7) is 6.63. The standard InChI is InChI=1S/C22H34N2O2/c1-15(2)17-5-7-18(8-6-17)22(25)24-19-9-11-20(12-10-19)26-21-13-4-16(3)14-23-21/h4,13-15,17-20H,5-12H2,1-3H3,(H,24,25). The molecule has 0 unspecified atom stereocenters. The molecule has 2 fully saturated rings. The maximum absolute atomic E-state index is 12.6. The number of amides is 1. The van der Waals surface area contributed by atoms with Crippen LogP contribution in [0.4, 0.5) is 0 Å². The van der Waals surface area contributed by atoms with Gasteiger partial charge in [0.05, 0.1) is 0 Å². The van der Waals surface area contributed by atoms with Crippen molar-refractivity contribution in [2.45, 2.75) is 84.3 Å². The highest BCUT2D eigenvalue weighted by Gasteiger charge is 2.30. The lowest BCUT2D eigenvalue weighted by Crippen LogP contribution is -2.43. The van der Waals surface area contributed by atoms with Gasteiger partial charge >= 0.3 is 0 Å². The number of nitrogens with one attached hydrogen (secondary N) is 1. The Labute approximate surface area is 158 Å². The number of hydrogen-bond donors (Lipinski definition) is 1. The summed E-state index contributed by atoms with van der Waals surface area (Å²) in [6, 6.07) is 4.29. The number of pyridine rings is 1. The zero-order valence-electron chi connectivity index (χ0n) is 16.5. The highest BCUT2D eigenvalue weighted by atomic mass is 16.5. The van der Waals surface area contributed by atoms with Crippen molar-refractivity contribution in [3.63, 3.8) is 0 Å². The van der Waals surface area contributed by atoms with Crippen molar-refractivity contribution in [3.8, 4) is 5.88 Å². The largest absolute Gasteiger partial charge is 0.474 e. The van der Waals surface area contributed by atoms with Gasteiger partial charge in [0.25, 0.3) is 0 Å². The molecule has 0 saturated heterocycles. The molecule has 0 aliphatic heterocycles. The SMILES string of the molecule is Cc1ccc(OC2CCC(NC(=O)C3CCC(C(C)C)CC3)CC2)nc1. The van der Waals surface area contributed by atoms with E-state index < -0.39 is 0 Å². The van der Waals surface area contributed by atoms with Crippen LogP contribution in [0.5, 0.6) is 5.88 Å². The molecule has 1 aromatic rings. The predicted molar refractivity (Wildman–Crippen MR) is 104 cm³/mol. The first-order valence-corrected chi connectivity index (χ1v) is 10.4. The summed E-state index contributed by atoms with van der Waals surface area (Å²) in [5, 5.41) is 3.31. The Hall–Kier alpha value is -1.58. The van der Waals surface area contributed by atoms with Crippen molar-refractivity contribution in [1.82, 2.24) is 10.3 Å². The number of carbonyl (C=O) groups is 1. The minimum Gasteiger partial charge on any atom is -0.474 e. The summed E-state index contributed by atoms with van der Waals surface area (Å²) in [5.74, 6) is 2.79. The Kier molecular flexibility index (Phi) is 6.55. The number of aromatic nitrogens is 1. The van der Waals surface area contributed by atoms with E-state index in [1.54, 1.807) is 0 Å². The molecule has 1 amide bonds. The topological polar surface area (TPSA) is 51.2 Å². The number of hydrogen-bond acceptors (Lipinski definition) is 3. The van der Waals surface area contributed by atoms with Crippen molar-refractivity contribution >= 4 is 5.91 Å². The van der Waals surface area contributed by atoms with E-state index in [0.717, 1.165) is 55.9 Å². The van der Waals surface area contributed by atoms with E-state index in [9.17, 15) is 4.79 Å². The predicted octanol–water partition coefficient (Wildman–Crippen LogP) is 4.66. The minimum absolute atomic E-state index is 0.222. The van der Waals surface area contributed by atoms with Crippen LogP contribution in [0.2, 0.25) is 0 Å². The van der Waals surface area contributed by atoms with Gasteiger partial charge in [-0.15, -0.1) is 0 Å².